The van der Waals surface area contributed by atoms with E-state index in [9.17, 15) is 28.6 Å². The number of ether oxygens (including phenoxy) is 4. The number of carbonyl (C=O) groups is 4. The highest BCUT2D eigenvalue weighted by atomic mass is 31.2. The van der Waals surface area contributed by atoms with Crippen molar-refractivity contribution in [1.29, 1.82) is 0 Å². The van der Waals surface area contributed by atoms with Crippen LogP contribution in [0.4, 0.5) is 0 Å². The minimum absolute atomic E-state index is 0.0961. The van der Waals surface area contributed by atoms with Gasteiger partial charge in [-0.05, 0) is 32.2 Å². The van der Waals surface area contributed by atoms with E-state index < -0.39 is 57.1 Å². The van der Waals surface area contributed by atoms with E-state index in [0.717, 1.165) is 39.0 Å². The molecule has 0 fully saturated rings. The first kappa shape index (κ1) is 43.9. The summed E-state index contributed by atoms with van der Waals surface area (Å²) in [5.74, 6) is -2.27. The fourth-order valence-electron chi connectivity index (χ4n) is 4.35. The van der Waals surface area contributed by atoms with Crippen LogP contribution in [-0.2, 0) is 51.7 Å². The second-order valence-corrected chi connectivity index (χ2v) is 12.9. The highest BCUT2D eigenvalue weighted by Crippen LogP contribution is 2.43. The average molecular weight is 682 g/mol. The maximum absolute atomic E-state index is 12.5. The third-order valence-corrected chi connectivity index (χ3v) is 7.81. The molecule has 270 valence electrons. The third kappa shape index (κ3) is 28.2. The molecule has 0 aromatic rings. The van der Waals surface area contributed by atoms with E-state index in [1.807, 2.05) is 0 Å². The number of unbranched alkanes of at least 4 members (excludes halogenated alkanes) is 12. The van der Waals surface area contributed by atoms with Gasteiger partial charge in [-0.25, -0.2) is 4.57 Å². The molecule has 0 heterocycles. The van der Waals surface area contributed by atoms with E-state index >= 15 is 0 Å². The van der Waals surface area contributed by atoms with Crippen LogP contribution in [0, 0.1) is 0 Å². The van der Waals surface area contributed by atoms with Gasteiger partial charge < -0.3 is 29.6 Å². The van der Waals surface area contributed by atoms with E-state index in [1.54, 1.807) is 6.92 Å². The van der Waals surface area contributed by atoms with Crippen molar-refractivity contribution >= 4 is 31.7 Å². The van der Waals surface area contributed by atoms with E-state index in [4.69, 9.17) is 33.7 Å². The molecule has 0 amide bonds. The van der Waals surface area contributed by atoms with Gasteiger partial charge in [0.2, 0.25) is 0 Å². The first-order valence-corrected chi connectivity index (χ1v) is 18.5. The fourth-order valence-corrected chi connectivity index (χ4v) is 5.13. The Balaban J connectivity index is 4.58. The predicted molar refractivity (Wildman–Crippen MR) is 173 cm³/mol. The lowest BCUT2D eigenvalue weighted by Gasteiger charge is -2.21. The lowest BCUT2D eigenvalue weighted by atomic mass is 10.1. The molecule has 14 heteroatoms. The molecular formula is C32H60NO12P. The molecule has 13 nitrogen and oxygen atoms in total. The molecule has 3 N–H and O–H groups in total. The zero-order valence-electron chi connectivity index (χ0n) is 28.4. The Hall–Kier alpha value is -2.05. The number of esters is 4. The van der Waals surface area contributed by atoms with Crippen LogP contribution in [0.15, 0.2) is 0 Å². The minimum atomic E-state index is -4.74. The van der Waals surface area contributed by atoms with Crippen molar-refractivity contribution in [1.82, 2.24) is 0 Å². The molecule has 2 unspecified atom stereocenters. The van der Waals surface area contributed by atoms with Crippen molar-refractivity contribution in [2.45, 2.75) is 149 Å². The van der Waals surface area contributed by atoms with Gasteiger partial charge in [0.1, 0.15) is 13.2 Å². The summed E-state index contributed by atoms with van der Waals surface area (Å²) in [5.41, 5.74) is 5.44. The van der Waals surface area contributed by atoms with E-state index in [-0.39, 0.29) is 32.5 Å². The summed E-state index contributed by atoms with van der Waals surface area (Å²) in [6, 6.07) is 0. The van der Waals surface area contributed by atoms with Crippen LogP contribution >= 0.6 is 7.82 Å². The summed E-state index contributed by atoms with van der Waals surface area (Å²) in [4.78, 5) is 57.9. The van der Waals surface area contributed by atoms with Crippen LogP contribution in [0.5, 0.6) is 0 Å². The number of hydrogen-bond acceptors (Lipinski definition) is 12. The van der Waals surface area contributed by atoms with Gasteiger partial charge in [-0.2, -0.15) is 0 Å². The van der Waals surface area contributed by atoms with Gasteiger partial charge in [0.05, 0.1) is 13.2 Å². The molecule has 0 saturated heterocycles. The standard InChI is InChI=1S/C32H60NO12P/c1-4-6-7-8-9-10-11-12-13-14-16-20-30(35)40-23-28(44-27(3)34)25-42-46(38,39)43-26-29(45-32(37)19-5-2)24-41-31(36)21-17-15-18-22-33/h28-29H,4-26,33H2,1-3H3,(H,38,39)/t28-,29?/m1/s1. The Bertz CT molecular complexity index is 872. The van der Waals surface area contributed by atoms with Crippen molar-refractivity contribution in [3.8, 4) is 0 Å². The topological polar surface area (TPSA) is 187 Å². The van der Waals surface area contributed by atoms with Crippen molar-refractivity contribution in [2.75, 3.05) is 33.0 Å². The summed E-state index contributed by atoms with van der Waals surface area (Å²) in [6.45, 7) is 3.71. The van der Waals surface area contributed by atoms with Gasteiger partial charge in [0.25, 0.3) is 0 Å². The van der Waals surface area contributed by atoms with Crippen LogP contribution in [0.3, 0.4) is 0 Å². The molecule has 0 spiro atoms. The highest BCUT2D eigenvalue weighted by Gasteiger charge is 2.28. The molecule has 0 aromatic heterocycles. The molecule has 0 bridgehead atoms. The van der Waals surface area contributed by atoms with Crippen LogP contribution in [-0.4, -0.2) is 74.0 Å². The summed E-state index contributed by atoms with van der Waals surface area (Å²) >= 11 is 0. The predicted octanol–water partition coefficient (Wildman–Crippen LogP) is 6.07. The second-order valence-electron chi connectivity index (χ2n) is 11.4. The van der Waals surface area contributed by atoms with Gasteiger partial charge in [-0.15, -0.1) is 0 Å². The van der Waals surface area contributed by atoms with E-state index in [2.05, 4.69) is 6.92 Å². The van der Waals surface area contributed by atoms with Gasteiger partial charge >= 0.3 is 31.7 Å². The zero-order chi connectivity index (χ0) is 34.5. The van der Waals surface area contributed by atoms with Gasteiger partial charge in [-0.3, -0.25) is 28.2 Å². The van der Waals surface area contributed by atoms with Crippen molar-refractivity contribution in [2.24, 2.45) is 5.73 Å². The number of nitrogens with two attached hydrogens (primary N) is 1. The summed E-state index contributed by atoms with van der Waals surface area (Å²) in [5, 5.41) is 0. The molecule has 0 rings (SSSR count). The van der Waals surface area contributed by atoms with Crippen molar-refractivity contribution in [3.63, 3.8) is 0 Å². The maximum Gasteiger partial charge on any atom is 0.472 e. The summed E-state index contributed by atoms with van der Waals surface area (Å²) in [6.07, 6.45) is 13.5. The quantitative estimate of drug-likeness (QED) is 0.0372. The summed E-state index contributed by atoms with van der Waals surface area (Å²) in [7, 11) is -4.74. The first-order valence-electron chi connectivity index (χ1n) is 17.0. The molecule has 3 atom stereocenters. The van der Waals surface area contributed by atoms with Crippen LogP contribution in [0.1, 0.15) is 136 Å². The highest BCUT2D eigenvalue weighted by molar-refractivity contribution is 7.47. The molecule has 0 aromatic carbocycles. The van der Waals surface area contributed by atoms with Crippen LogP contribution in [0.25, 0.3) is 0 Å². The minimum Gasteiger partial charge on any atom is -0.462 e. The van der Waals surface area contributed by atoms with Gasteiger partial charge in [0.15, 0.2) is 12.2 Å². The Labute approximate surface area is 275 Å². The van der Waals surface area contributed by atoms with Gasteiger partial charge in [0, 0.05) is 26.2 Å². The number of rotatable bonds is 31. The number of hydrogen-bond donors (Lipinski definition) is 2. The number of carbonyl (C=O) groups excluding carboxylic acids is 4. The average Bonchev–Trinajstić information content (AvgIpc) is 3.00. The van der Waals surface area contributed by atoms with Crippen molar-refractivity contribution < 1.29 is 56.6 Å². The van der Waals surface area contributed by atoms with Crippen molar-refractivity contribution in [3.05, 3.63) is 0 Å². The lowest BCUT2D eigenvalue weighted by Crippen LogP contribution is -2.30. The third-order valence-electron chi connectivity index (χ3n) is 6.86. The monoisotopic (exact) mass is 681 g/mol. The molecule has 0 aliphatic rings. The Morgan fingerprint density at radius 2 is 1.02 bits per heavy atom. The van der Waals surface area contributed by atoms with E-state index in [0.29, 0.717) is 25.8 Å². The van der Waals surface area contributed by atoms with E-state index in [1.165, 1.54) is 44.9 Å². The molecular weight excluding hydrogens is 621 g/mol. The Kier molecular flexibility index (Phi) is 27.8. The normalized spacial score (nSPS) is 13.8. The maximum atomic E-state index is 12.5. The van der Waals surface area contributed by atoms with Gasteiger partial charge in [-0.1, -0.05) is 84.5 Å². The Morgan fingerprint density at radius 3 is 1.46 bits per heavy atom. The molecule has 46 heavy (non-hydrogen) atoms. The molecule has 0 saturated carbocycles. The smallest absolute Gasteiger partial charge is 0.462 e. The largest absolute Gasteiger partial charge is 0.472 e. The molecule has 0 aliphatic carbocycles. The fraction of sp³-hybridized carbons (Fsp3) is 0.875. The lowest BCUT2D eigenvalue weighted by molar-refractivity contribution is -0.161. The second kappa shape index (κ2) is 29.1. The summed E-state index contributed by atoms with van der Waals surface area (Å²) < 4.78 is 43.1. The number of phosphoric acid groups is 1. The first-order chi connectivity index (χ1) is 22.0. The van der Waals surface area contributed by atoms with Crippen LogP contribution in [0.2, 0.25) is 0 Å². The Morgan fingerprint density at radius 1 is 0.587 bits per heavy atom. The van der Waals surface area contributed by atoms with Crippen LogP contribution < -0.4 is 5.73 Å². The number of phosphoric ester groups is 1. The SMILES string of the molecule is CCCCCCCCCCCCCC(=O)OC[C@H](COP(=O)(O)OCC(COC(=O)CCCCCN)OC(=O)CCC)OC(C)=O. The molecule has 0 radical (unpaired) electrons. The zero-order valence-corrected chi connectivity index (χ0v) is 29.3. The molecule has 0 aliphatic heterocycles.